The molecule has 1 aromatic carbocycles. The molecule has 0 heterocycles. The van der Waals surface area contributed by atoms with Crippen molar-refractivity contribution in [3.8, 4) is 5.75 Å². The van der Waals surface area contributed by atoms with Crippen LogP contribution < -0.4 is 4.74 Å². The summed E-state index contributed by atoms with van der Waals surface area (Å²) < 4.78 is 203. The number of hydrogen-bond donors (Lipinski definition) is 0. The Balaban J connectivity index is 3.66. The van der Waals surface area contributed by atoms with Gasteiger partial charge in [0.1, 0.15) is 5.56 Å². The molecular weight excluding hydrogens is 651 g/mol. The summed E-state index contributed by atoms with van der Waals surface area (Å²) in [5, 5.41) is 33.1. The molecule has 0 fully saturated rings. The predicted molar refractivity (Wildman–Crippen MR) is 94.0 cm³/mol. The van der Waals surface area contributed by atoms with Crippen molar-refractivity contribution >= 4 is 23.2 Å². The topological polar surface area (TPSA) is 165 Å². The summed E-state index contributed by atoms with van der Waals surface area (Å²) >= 11 is 0. The highest BCUT2D eigenvalue weighted by molar-refractivity contribution is 5.76. The van der Waals surface area contributed by atoms with Gasteiger partial charge in [-0.2, -0.15) is 65.9 Å². The first-order valence-corrected chi connectivity index (χ1v) is 9.20. The van der Waals surface area contributed by atoms with Gasteiger partial charge in [0.2, 0.25) is 0 Å². The zero-order valence-corrected chi connectivity index (χ0v) is 18.8. The minimum atomic E-state index is -8.74. The van der Waals surface area contributed by atoms with Crippen LogP contribution in [0.15, 0.2) is 6.07 Å². The fraction of sp³-hybridized carbons (Fsp3) is 0.533. The van der Waals surface area contributed by atoms with Crippen LogP contribution in [0.3, 0.4) is 0 Å². The van der Waals surface area contributed by atoms with Gasteiger partial charge in [-0.05, 0) is 6.92 Å². The van der Waals surface area contributed by atoms with E-state index in [-0.39, 0.29) is 6.07 Å². The van der Waals surface area contributed by atoms with E-state index in [0.29, 0.717) is 6.92 Å². The zero-order valence-electron chi connectivity index (χ0n) is 18.8. The van der Waals surface area contributed by atoms with E-state index in [1.165, 1.54) is 0 Å². The number of benzene rings is 1. The fourth-order valence-corrected chi connectivity index (χ4v) is 2.59. The summed E-state index contributed by atoms with van der Waals surface area (Å²) in [6.07, 6.45) is -19.3. The Morgan fingerprint density at radius 2 is 1.02 bits per heavy atom. The smallest absolute Gasteiger partial charge is 0.380 e. The van der Waals surface area contributed by atoms with Gasteiger partial charge in [-0.3, -0.25) is 30.3 Å². The Morgan fingerprint density at radius 1 is 0.643 bits per heavy atom. The van der Waals surface area contributed by atoms with Crippen molar-refractivity contribution in [1.82, 2.24) is 0 Å². The molecule has 0 saturated heterocycles. The van der Waals surface area contributed by atoms with Gasteiger partial charge in [0, 0.05) is 0 Å². The van der Waals surface area contributed by atoms with E-state index < -0.39 is 91.2 Å². The molecule has 0 amide bonds. The average Bonchev–Trinajstić information content (AvgIpc) is 2.76. The third-order valence-corrected chi connectivity index (χ3v) is 4.73. The first-order chi connectivity index (χ1) is 18.3. The molecule has 0 atom stereocenters. The van der Waals surface area contributed by atoms with Crippen LogP contribution in [0.1, 0.15) is 5.56 Å². The molecular formula is C15H4F15N3O9. The van der Waals surface area contributed by atoms with E-state index >= 15 is 0 Å². The highest BCUT2D eigenvalue weighted by Crippen LogP contribution is 2.62. The minimum absolute atomic E-state index is 0.269. The quantitative estimate of drug-likeness (QED) is 0.0892. The van der Waals surface area contributed by atoms with Crippen molar-refractivity contribution in [2.24, 2.45) is 0 Å². The van der Waals surface area contributed by atoms with Crippen LogP contribution in [-0.4, -0.2) is 62.8 Å². The van der Waals surface area contributed by atoms with Crippen molar-refractivity contribution in [3.05, 3.63) is 42.0 Å². The molecule has 1 aromatic rings. The van der Waals surface area contributed by atoms with E-state index in [1.807, 2.05) is 0 Å². The molecule has 0 spiro atoms. The highest BCUT2D eigenvalue weighted by atomic mass is 19.4. The van der Waals surface area contributed by atoms with Crippen molar-refractivity contribution in [1.29, 1.82) is 0 Å². The number of nitrogens with zero attached hydrogens (tertiary/aromatic N) is 3. The van der Waals surface area contributed by atoms with Crippen LogP contribution in [0.25, 0.3) is 0 Å². The summed E-state index contributed by atoms with van der Waals surface area (Å²) in [5.74, 6) is -45.0. The van der Waals surface area contributed by atoms with Gasteiger partial charge in [-0.1, -0.05) is 0 Å². The van der Waals surface area contributed by atoms with Crippen LogP contribution in [-0.2, 0) is 4.74 Å². The van der Waals surface area contributed by atoms with E-state index in [2.05, 4.69) is 9.47 Å². The molecule has 238 valence electrons. The van der Waals surface area contributed by atoms with Crippen LogP contribution in [0.5, 0.6) is 5.75 Å². The maximum Gasteiger partial charge on any atom is 0.519 e. The molecule has 42 heavy (non-hydrogen) atoms. The highest BCUT2D eigenvalue weighted by Gasteiger charge is 2.94. The number of nitro benzene ring substituents is 3. The van der Waals surface area contributed by atoms with Gasteiger partial charge in [0.15, 0.2) is 0 Å². The first kappa shape index (κ1) is 35.7. The van der Waals surface area contributed by atoms with E-state index in [9.17, 15) is 101 Å². The average molecular weight is 655 g/mol. The summed E-state index contributed by atoms with van der Waals surface area (Å²) in [6, 6.07) is -0.269. The molecule has 0 aliphatic carbocycles. The lowest BCUT2D eigenvalue weighted by atomic mass is 9.93. The van der Waals surface area contributed by atoms with Crippen LogP contribution in [0.4, 0.5) is 87.7 Å². The van der Waals surface area contributed by atoms with E-state index in [1.54, 1.807) is 0 Å². The van der Waals surface area contributed by atoms with Crippen molar-refractivity contribution in [2.75, 3.05) is 0 Å². The molecule has 27 heteroatoms. The minimum Gasteiger partial charge on any atom is -0.380 e. The van der Waals surface area contributed by atoms with Crippen molar-refractivity contribution in [2.45, 2.75) is 48.8 Å². The third-order valence-electron chi connectivity index (χ3n) is 4.73. The van der Waals surface area contributed by atoms with Crippen LogP contribution in [0, 0.1) is 37.3 Å². The second kappa shape index (κ2) is 10.2. The Bertz CT molecular complexity index is 1310. The molecule has 0 bridgehead atoms. The molecule has 0 aliphatic rings. The standard InChI is InChI=1S/C15H4F15N3O9/c1-3-4(31(35)36)2-5(32(37)38)7(6(3)33(39)40)41-8(34)42-15(29,30)13(24,25)11(20,21)9(16,17)10(18,19)12(22,23)14(26,27)28/h2H,1H3. The Kier molecular flexibility index (Phi) is 8.64. The zero-order chi connectivity index (χ0) is 33.8. The molecule has 0 unspecified atom stereocenters. The van der Waals surface area contributed by atoms with Gasteiger partial charge in [-0.15, -0.1) is 0 Å². The van der Waals surface area contributed by atoms with Gasteiger partial charge in [0.05, 0.1) is 20.8 Å². The third kappa shape index (κ3) is 5.21. The molecule has 1 rings (SSSR count). The Hall–Kier alpha value is -4.36. The van der Waals surface area contributed by atoms with Gasteiger partial charge >= 0.3 is 59.4 Å². The van der Waals surface area contributed by atoms with Gasteiger partial charge < -0.3 is 9.47 Å². The second-order valence-corrected chi connectivity index (χ2v) is 7.33. The number of carbonyl (C=O) groups excluding carboxylic acids is 1. The monoisotopic (exact) mass is 655 g/mol. The van der Waals surface area contributed by atoms with E-state index in [0.717, 1.165) is 0 Å². The number of nitro groups is 3. The molecule has 0 aromatic heterocycles. The van der Waals surface area contributed by atoms with Crippen molar-refractivity contribution < 1.29 is 94.9 Å². The summed E-state index contributed by atoms with van der Waals surface area (Å²) in [7, 11) is 0. The van der Waals surface area contributed by atoms with E-state index in [4.69, 9.17) is 0 Å². The van der Waals surface area contributed by atoms with Crippen molar-refractivity contribution in [3.63, 3.8) is 0 Å². The normalized spacial score (nSPS) is 13.9. The Morgan fingerprint density at radius 3 is 1.38 bits per heavy atom. The lowest BCUT2D eigenvalue weighted by molar-refractivity contribution is -0.467. The summed E-state index contributed by atoms with van der Waals surface area (Å²) in [4.78, 5) is 39.4. The summed E-state index contributed by atoms with van der Waals surface area (Å²) in [5.41, 5.74) is -6.94. The fourth-order valence-electron chi connectivity index (χ4n) is 2.59. The lowest BCUT2D eigenvalue weighted by Gasteiger charge is -2.40. The largest absolute Gasteiger partial charge is 0.519 e. The SMILES string of the molecule is Cc1c([N+](=O)[O-])cc([N+](=O)[O-])c(OC(=O)OC(F)(F)C(F)(F)C(F)(F)C(F)(F)C(F)(F)C(F)(F)C(F)(F)F)c1[N+](=O)[O-]. The van der Waals surface area contributed by atoms with Crippen LogP contribution in [0.2, 0.25) is 0 Å². The number of alkyl halides is 15. The predicted octanol–water partition coefficient (Wildman–Crippen LogP) is 6.57. The number of hydrogen-bond acceptors (Lipinski definition) is 9. The number of rotatable bonds is 10. The summed E-state index contributed by atoms with van der Waals surface area (Å²) in [6.45, 7) is 0.389. The molecule has 0 N–H and O–H groups in total. The molecule has 0 radical (unpaired) electrons. The maximum absolute atomic E-state index is 13.8. The number of halogens is 15. The van der Waals surface area contributed by atoms with Gasteiger partial charge in [0.25, 0.3) is 11.4 Å². The lowest BCUT2D eigenvalue weighted by Crippen LogP contribution is -2.73. The van der Waals surface area contributed by atoms with Gasteiger partial charge in [-0.25, -0.2) is 4.79 Å². The number of carbonyl (C=O) groups is 1. The maximum atomic E-state index is 13.8. The van der Waals surface area contributed by atoms with Crippen LogP contribution >= 0.6 is 0 Å². The first-order valence-electron chi connectivity index (χ1n) is 9.20. The molecule has 0 saturated carbocycles. The molecule has 12 nitrogen and oxygen atoms in total. The molecule has 0 aliphatic heterocycles. The number of ether oxygens (including phenoxy) is 2. The second-order valence-electron chi connectivity index (χ2n) is 7.33. The Labute approximate surface area is 216 Å².